The molecule has 3 aliphatic carbocycles. The first-order valence-electron chi connectivity index (χ1n) is 12.0. The second-order valence-corrected chi connectivity index (χ2v) is 10.6. The van der Waals surface area contributed by atoms with Crippen molar-refractivity contribution in [1.29, 1.82) is 0 Å². The summed E-state index contributed by atoms with van der Waals surface area (Å²) >= 11 is 0. The third-order valence-electron chi connectivity index (χ3n) is 8.76. The van der Waals surface area contributed by atoms with Gasteiger partial charge in [-0.05, 0) is 44.4 Å². The van der Waals surface area contributed by atoms with E-state index >= 15 is 0 Å². The molecule has 5 aliphatic rings. The van der Waals surface area contributed by atoms with Crippen molar-refractivity contribution in [2.24, 2.45) is 23.7 Å². The van der Waals surface area contributed by atoms with Crippen LogP contribution in [0.25, 0.3) is 0 Å². The van der Waals surface area contributed by atoms with Gasteiger partial charge in [-0.25, -0.2) is 0 Å². The van der Waals surface area contributed by atoms with E-state index < -0.39 is 6.10 Å². The van der Waals surface area contributed by atoms with Gasteiger partial charge in [-0.1, -0.05) is 32.6 Å². The predicted octanol–water partition coefficient (Wildman–Crippen LogP) is 2.88. The van der Waals surface area contributed by atoms with Crippen molar-refractivity contribution in [2.75, 3.05) is 6.54 Å². The molecule has 2 aliphatic heterocycles. The Morgan fingerprint density at radius 2 is 1.31 bits per heavy atom. The summed E-state index contributed by atoms with van der Waals surface area (Å²) in [7, 11) is 0. The number of carbonyl (C=O) groups excluding carboxylic acids is 2. The van der Waals surface area contributed by atoms with Crippen molar-refractivity contribution in [1.82, 2.24) is 19.3 Å². The molecule has 3 saturated carbocycles. The van der Waals surface area contributed by atoms with Gasteiger partial charge in [-0.15, -0.1) is 0 Å². The highest BCUT2D eigenvalue weighted by molar-refractivity contribution is 6.05. The molecule has 1 saturated heterocycles. The number of aromatic nitrogens is 3. The number of aliphatic hydroxyl groups excluding tert-OH is 1. The van der Waals surface area contributed by atoms with Gasteiger partial charge in [0, 0.05) is 12.5 Å². The van der Waals surface area contributed by atoms with E-state index in [1.165, 1.54) is 30.6 Å². The average molecular weight is 403 g/mol. The maximum atomic E-state index is 12.9. The highest BCUT2D eigenvalue weighted by Gasteiger charge is 2.54. The molecule has 7 heteroatoms. The number of amides is 2. The molecule has 3 heterocycles. The lowest BCUT2D eigenvalue weighted by Crippen LogP contribution is -2.45. The number of aliphatic hydroxyl groups is 1. The number of likely N-dealkylation sites (tertiary alicyclic amines) is 1. The normalized spacial score (nSPS) is 44.4. The Bertz CT molecular complexity index is 773. The minimum absolute atomic E-state index is 0.0127. The van der Waals surface area contributed by atoms with Crippen molar-refractivity contribution in [3.05, 3.63) is 0 Å². The molecular weight excluding hydrogens is 368 g/mol. The molecule has 8 atom stereocenters. The number of fused-ring (bicyclic) bond motifs is 5. The van der Waals surface area contributed by atoms with E-state index in [-0.39, 0.29) is 35.6 Å². The van der Waals surface area contributed by atoms with Gasteiger partial charge in [0.1, 0.15) is 0 Å². The van der Waals surface area contributed by atoms with Gasteiger partial charge in [0.05, 0.1) is 36.1 Å². The Morgan fingerprint density at radius 1 is 0.793 bits per heavy atom. The highest BCUT2D eigenvalue weighted by atomic mass is 16.3. The highest BCUT2D eigenvalue weighted by Crippen LogP contribution is 2.52. The first-order valence-corrected chi connectivity index (χ1v) is 12.0. The predicted molar refractivity (Wildman–Crippen MR) is 106 cm³/mol. The molecule has 1 aromatic rings. The maximum Gasteiger partial charge on any atom is 0.233 e. The fraction of sp³-hybridized carbons (Fsp3) is 0.909. The molecule has 0 aromatic carbocycles. The summed E-state index contributed by atoms with van der Waals surface area (Å²) < 4.78 is 0. The largest absolute Gasteiger partial charge is 0.390 e. The molecule has 2 amide bonds. The van der Waals surface area contributed by atoms with Crippen LogP contribution in [0.2, 0.25) is 0 Å². The van der Waals surface area contributed by atoms with Crippen LogP contribution in [0.3, 0.4) is 0 Å². The second-order valence-electron chi connectivity index (χ2n) is 10.6. The zero-order valence-corrected chi connectivity index (χ0v) is 17.4. The van der Waals surface area contributed by atoms with Crippen molar-refractivity contribution in [2.45, 2.75) is 95.4 Å². The van der Waals surface area contributed by atoms with Crippen LogP contribution in [0.15, 0.2) is 0 Å². The fourth-order valence-electron chi connectivity index (χ4n) is 7.31. The monoisotopic (exact) mass is 402 g/mol. The average Bonchev–Trinajstić information content (AvgIpc) is 3.33. The molecule has 0 bridgehead atoms. The molecule has 8 unspecified atom stereocenters. The van der Waals surface area contributed by atoms with Crippen molar-refractivity contribution >= 4 is 11.8 Å². The van der Waals surface area contributed by atoms with Gasteiger partial charge < -0.3 is 5.11 Å². The van der Waals surface area contributed by atoms with Gasteiger partial charge >= 0.3 is 0 Å². The van der Waals surface area contributed by atoms with Crippen LogP contribution in [0.1, 0.15) is 89.3 Å². The summed E-state index contributed by atoms with van der Waals surface area (Å²) in [4.78, 5) is 34.4. The third kappa shape index (κ3) is 2.58. The smallest absolute Gasteiger partial charge is 0.233 e. The molecule has 6 rings (SSSR count). The fourth-order valence-corrected chi connectivity index (χ4v) is 7.31. The van der Waals surface area contributed by atoms with E-state index in [2.05, 4.69) is 21.3 Å². The summed E-state index contributed by atoms with van der Waals surface area (Å²) in [5.41, 5.74) is 0. The van der Waals surface area contributed by atoms with Crippen molar-refractivity contribution in [3.8, 4) is 0 Å². The van der Waals surface area contributed by atoms with Crippen LogP contribution in [0, 0.1) is 23.7 Å². The van der Waals surface area contributed by atoms with Crippen molar-refractivity contribution < 1.29 is 14.7 Å². The van der Waals surface area contributed by atoms with Crippen molar-refractivity contribution in [3.63, 3.8) is 0 Å². The van der Waals surface area contributed by atoms with E-state index in [0.717, 1.165) is 38.5 Å². The topological polar surface area (TPSA) is 72.4 Å². The van der Waals surface area contributed by atoms with Gasteiger partial charge in [-0.3, -0.25) is 14.5 Å². The first kappa shape index (κ1) is 18.3. The quantitative estimate of drug-likeness (QED) is 0.790. The van der Waals surface area contributed by atoms with Crippen LogP contribution >= 0.6 is 0 Å². The summed E-state index contributed by atoms with van der Waals surface area (Å²) in [6.45, 7) is 2.66. The Labute approximate surface area is 171 Å². The van der Waals surface area contributed by atoms with E-state index in [1.54, 1.807) is 0 Å². The summed E-state index contributed by atoms with van der Waals surface area (Å²) in [6.07, 6.45) is 10.4. The number of hydrogen-bond acceptors (Lipinski definition) is 3. The second kappa shape index (κ2) is 6.50. The number of imide groups is 1. The Balaban J connectivity index is 1.20. The molecule has 4 fully saturated rings. The lowest BCUT2D eigenvalue weighted by atomic mass is 9.77. The molecule has 1 aromatic heterocycles. The minimum atomic E-state index is -0.484. The summed E-state index contributed by atoms with van der Waals surface area (Å²) in [6, 6.07) is 1.36. The van der Waals surface area contributed by atoms with E-state index in [9.17, 15) is 14.7 Å². The molecule has 29 heavy (non-hydrogen) atoms. The molecule has 1 N–H and O–H groups in total. The van der Waals surface area contributed by atoms with Crippen LogP contribution in [0.5, 0.6) is 0 Å². The zero-order chi connectivity index (χ0) is 19.9. The molecule has 0 radical (unpaired) electrons. The maximum absolute atomic E-state index is 12.9. The minimum Gasteiger partial charge on any atom is -0.390 e. The van der Waals surface area contributed by atoms with E-state index in [0.29, 0.717) is 24.5 Å². The van der Waals surface area contributed by atoms with E-state index in [4.69, 9.17) is 0 Å². The van der Waals surface area contributed by atoms with Gasteiger partial charge in [-0.2, -0.15) is 14.4 Å². The van der Waals surface area contributed by atoms with Crippen LogP contribution in [-0.4, -0.2) is 48.9 Å². The number of rotatable bonds is 3. The van der Waals surface area contributed by atoms with Crippen LogP contribution in [-0.2, 0) is 9.59 Å². The number of carbonyl (C=O) groups is 2. The van der Waals surface area contributed by atoms with Crippen LogP contribution < -0.4 is 0 Å². The lowest BCUT2D eigenvalue weighted by Gasteiger charge is -2.38. The summed E-state index contributed by atoms with van der Waals surface area (Å²) in [5.74, 6) is 0.371. The molecule has 0 spiro atoms. The lowest BCUT2D eigenvalue weighted by molar-refractivity contribution is -0.142. The SMILES string of the molecule is CC1CC(CN2C(=O)C3CCCCC3C2=O)C(O)C(n2n3n2C2CCCCC23)C1. The van der Waals surface area contributed by atoms with E-state index in [1.807, 2.05) is 0 Å². The Hall–Kier alpha value is -1.50. The van der Waals surface area contributed by atoms with Crippen LogP contribution in [0.4, 0.5) is 0 Å². The van der Waals surface area contributed by atoms with Gasteiger partial charge in [0.25, 0.3) is 0 Å². The molecule has 160 valence electrons. The number of hydrogen-bond donors (Lipinski definition) is 1. The standard InChI is InChI=1S/C22H34N4O3/c1-13-10-14(12-23-21(28)15-6-2-3-7-16(15)22(23)29)20(27)19(11-13)26-24-17-8-4-5-9-18(17)25(24)26/h13-20,27H,2-12H2,1H3. The Morgan fingerprint density at radius 3 is 1.90 bits per heavy atom. The van der Waals surface area contributed by atoms with Gasteiger partial charge in [0.2, 0.25) is 11.8 Å². The third-order valence-corrected chi connectivity index (χ3v) is 8.76. The number of nitrogens with zero attached hydrogens (tertiary/aromatic N) is 4. The zero-order valence-electron chi connectivity index (χ0n) is 17.4. The molecular formula is C22H34N4O3. The molecule has 7 nitrogen and oxygen atoms in total. The Kier molecular flexibility index (Phi) is 4.10. The first-order chi connectivity index (χ1) is 14.1. The van der Waals surface area contributed by atoms with Gasteiger partial charge in [0.15, 0.2) is 0 Å². The summed E-state index contributed by atoms with van der Waals surface area (Å²) in [5, 5.41) is 11.3.